The van der Waals surface area contributed by atoms with Crippen molar-refractivity contribution < 1.29 is 24.1 Å². The van der Waals surface area contributed by atoms with E-state index in [1.807, 2.05) is 66.9 Å². The third-order valence-electron chi connectivity index (χ3n) is 5.28. The molecule has 1 saturated heterocycles. The summed E-state index contributed by atoms with van der Waals surface area (Å²) < 4.78 is 18.1. The molecule has 32 heavy (non-hydrogen) atoms. The number of rotatable bonds is 11. The highest BCUT2D eigenvalue weighted by molar-refractivity contribution is 7.99. The van der Waals surface area contributed by atoms with Crippen molar-refractivity contribution in [2.75, 3.05) is 19.4 Å². The van der Waals surface area contributed by atoms with E-state index < -0.39 is 29.8 Å². The fraction of sp³-hybridized carbons (Fsp3) is 0.458. The van der Waals surface area contributed by atoms with E-state index in [-0.39, 0.29) is 25.5 Å². The SMILES string of the molecule is CSC1O[C@H](COCc2ccccc2)[C@@H](O)[C@H](OCc2ccccc2)[C@H]1NC(=O)CCN. The minimum atomic E-state index is -0.971. The highest BCUT2D eigenvalue weighted by atomic mass is 32.2. The highest BCUT2D eigenvalue weighted by Crippen LogP contribution is 2.30. The maximum absolute atomic E-state index is 12.3. The summed E-state index contributed by atoms with van der Waals surface area (Å²) in [6, 6.07) is 19.0. The first-order valence-electron chi connectivity index (χ1n) is 10.7. The molecule has 5 atom stereocenters. The molecule has 0 bridgehead atoms. The van der Waals surface area contributed by atoms with Gasteiger partial charge in [-0.1, -0.05) is 60.7 Å². The predicted molar refractivity (Wildman–Crippen MR) is 125 cm³/mol. The van der Waals surface area contributed by atoms with Crippen molar-refractivity contribution in [3.63, 3.8) is 0 Å². The second kappa shape index (κ2) is 12.9. The molecule has 1 aliphatic rings. The molecule has 1 aliphatic heterocycles. The number of benzene rings is 2. The van der Waals surface area contributed by atoms with Crippen molar-refractivity contribution in [2.45, 2.75) is 49.4 Å². The average Bonchev–Trinajstić information content (AvgIpc) is 2.81. The zero-order valence-corrected chi connectivity index (χ0v) is 19.1. The molecule has 174 valence electrons. The lowest BCUT2D eigenvalue weighted by atomic mass is 9.97. The zero-order chi connectivity index (χ0) is 22.8. The lowest BCUT2D eigenvalue weighted by molar-refractivity contribution is -0.196. The maximum Gasteiger partial charge on any atom is 0.221 e. The number of ether oxygens (including phenoxy) is 3. The summed E-state index contributed by atoms with van der Waals surface area (Å²) in [6.45, 7) is 1.19. The molecular formula is C24H32N2O5S. The van der Waals surface area contributed by atoms with Gasteiger partial charge in [0.05, 0.1) is 25.9 Å². The van der Waals surface area contributed by atoms with E-state index in [2.05, 4.69) is 5.32 Å². The van der Waals surface area contributed by atoms with E-state index in [0.29, 0.717) is 13.2 Å². The normalized spacial score (nSPS) is 25.4. The first kappa shape index (κ1) is 24.7. The first-order chi connectivity index (χ1) is 15.6. The molecule has 3 rings (SSSR count). The third kappa shape index (κ3) is 7.03. The second-order valence-electron chi connectivity index (χ2n) is 7.66. The van der Waals surface area contributed by atoms with Gasteiger partial charge in [-0.05, 0) is 17.4 Å². The number of aliphatic hydroxyl groups excluding tert-OH is 1. The number of nitrogens with one attached hydrogen (secondary N) is 1. The van der Waals surface area contributed by atoms with E-state index >= 15 is 0 Å². The molecule has 1 fully saturated rings. The van der Waals surface area contributed by atoms with E-state index in [0.717, 1.165) is 11.1 Å². The van der Waals surface area contributed by atoms with Crippen LogP contribution in [0, 0.1) is 0 Å². The van der Waals surface area contributed by atoms with Crippen LogP contribution in [0.2, 0.25) is 0 Å². The van der Waals surface area contributed by atoms with Crippen molar-refractivity contribution in [1.29, 1.82) is 0 Å². The second-order valence-corrected chi connectivity index (χ2v) is 8.60. The smallest absolute Gasteiger partial charge is 0.221 e. The summed E-state index contributed by atoms with van der Waals surface area (Å²) in [5.74, 6) is -0.195. The average molecular weight is 461 g/mol. The quantitative estimate of drug-likeness (QED) is 0.472. The Kier molecular flexibility index (Phi) is 9.98. The van der Waals surface area contributed by atoms with Gasteiger partial charge in [0.15, 0.2) is 0 Å². The van der Waals surface area contributed by atoms with Crippen LogP contribution >= 0.6 is 11.8 Å². The molecule has 0 spiro atoms. The van der Waals surface area contributed by atoms with Crippen LogP contribution in [0.4, 0.5) is 0 Å². The Morgan fingerprint density at radius 2 is 1.72 bits per heavy atom. The van der Waals surface area contributed by atoms with Gasteiger partial charge in [-0.15, -0.1) is 11.8 Å². The van der Waals surface area contributed by atoms with Crippen LogP contribution in [0.3, 0.4) is 0 Å². The lowest BCUT2D eigenvalue weighted by Gasteiger charge is -2.44. The van der Waals surface area contributed by atoms with Gasteiger partial charge in [0.1, 0.15) is 23.7 Å². The fourth-order valence-corrected chi connectivity index (χ4v) is 4.40. The molecule has 4 N–H and O–H groups in total. The summed E-state index contributed by atoms with van der Waals surface area (Å²) in [7, 11) is 0. The molecule has 1 heterocycles. The molecule has 8 heteroatoms. The highest BCUT2D eigenvalue weighted by Gasteiger charge is 2.46. The number of nitrogens with two attached hydrogens (primary N) is 1. The molecule has 2 aromatic carbocycles. The number of carbonyl (C=O) groups excluding carboxylic acids is 1. The van der Waals surface area contributed by atoms with Gasteiger partial charge in [-0.2, -0.15) is 0 Å². The number of amides is 1. The van der Waals surface area contributed by atoms with Gasteiger partial charge in [-0.25, -0.2) is 0 Å². The summed E-state index contributed by atoms with van der Waals surface area (Å²) in [6.07, 6.45) is -0.113. The van der Waals surface area contributed by atoms with Crippen LogP contribution in [0.25, 0.3) is 0 Å². The van der Waals surface area contributed by atoms with Crippen LogP contribution in [0.5, 0.6) is 0 Å². The van der Waals surface area contributed by atoms with Crippen LogP contribution < -0.4 is 11.1 Å². The van der Waals surface area contributed by atoms with Gasteiger partial charge >= 0.3 is 0 Å². The minimum Gasteiger partial charge on any atom is -0.388 e. The summed E-state index contributed by atoms with van der Waals surface area (Å²) in [4.78, 5) is 12.3. The Hall–Kier alpha value is -1.94. The molecule has 0 aromatic heterocycles. The lowest BCUT2D eigenvalue weighted by Crippen LogP contribution is -2.64. The molecule has 0 radical (unpaired) electrons. The van der Waals surface area contributed by atoms with Crippen molar-refractivity contribution >= 4 is 17.7 Å². The van der Waals surface area contributed by atoms with Crippen LogP contribution in [0.1, 0.15) is 17.5 Å². The molecule has 0 aliphatic carbocycles. The Labute approximate surface area is 193 Å². The van der Waals surface area contributed by atoms with Gasteiger partial charge in [-0.3, -0.25) is 4.79 Å². The van der Waals surface area contributed by atoms with Crippen LogP contribution in [-0.4, -0.2) is 60.2 Å². The monoisotopic (exact) mass is 460 g/mol. The Morgan fingerprint density at radius 3 is 2.31 bits per heavy atom. The zero-order valence-electron chi connectivity index (χ0n) is 18.3. The largest absolute Gasteiger partial charge is 0.388 e. The summed E-state index contributed by atoms with van der Waals surface area (Å²) in [5, 5.41) is 14.1. The third-order valence-corrected chi connectivity index (χ3v) is 6.15. The Balaban J connectivity index is 1.69. The van der Waals surface area contributed by atoms with Gasteiger partial charge < -0.3 is 30.4 Å². The van der Waals surface area contributed by atoms with E-state index in [1.54, 1.807) is 0 Å². The van der Waals surface area contributed by atoms with Gasteiger partial charge in [0.2, 0.25) is 5.91 Å². The van der Waals surface area contributed by atoms with E-state index in [9.17, 15) is 9.90 Å². The van der Waals surface area contributed by atoms with Crippen LogP contribution in [0.15, 0.2) is 60.7 Å². The molecule has 0 saturated carbocycles. The fourth-order valence-electron chi connectivity index (χ4n) is 3.63. The molecule has 1 unspecified atom stereocenters. The van der Waals surface area contributed by atoms with E-state index in [4.69, 9.17) is 19.9 Å². The van der Waals surface area contributed by atoms with Crippen molar-refractivity contribution in [3.05, 3.63) is 71.8 Å². The topological polar surface area (TPSA) is 103 Å². The Bertz CT molecular complexity index is 811. The van der Waals surface area contributed by atoms with Crippen molar-refractivity contribution in [3.8, 4) is 0 Å². The van der Waals surface area contributed by atoms with Gasteiger partial charge in [0, 0.05) is 13.0 Å². The molecular weight excluding hydrogens is 428 g/mol. The number of thioether (sulfide) groups is 1. The standard InChI is InChI=1S/C24H32N2O5S/c1-32-24-21(26-20(27)12-13-25)23(30-15-18-10-6-3-7-11-18)22(28)19(31-24)16-29-14-17-8-4-2-5-9-17/h2-11,19,21-24,28H,12-16,25H2,1H3,(H,26,27)/t19-,21-,22-,23-,24?/m1/s1. The molecule has 1 amide bonds. The summed E-state index contributed by atoms with van der Waals surface area (Å²) >= 11 is 1.46. The van der Waals surface area contributed by atoms with E-state index in [1.165, 1.54) is 11.8 Å². The Morgan fingerprint density at radius 1 is 1.09 bits per heavy atom. The van der Waals surface area contributed by atoms with Gasteiger partial charge in [0.25, 0.3) is 0 Å². The number of aliphatic hydroxyl groups is 1. The summed E-state index contributed by atoms with van der Waals surface area (Å²) in [5.41, 5.74) is 7.16. The van der Waals surface area contributed by atoms with Crippen molar-refractivity contribution in [2.24, 2.45) is 5.73 Å². The van der Waals surface area contributed by atoms with Crippen LogP contribution in [-0.2, 0) is 32.2 Å². The van der Waals surface area contributed by atoms with Crippen molar-refractivity contribution in [1.82, 2.24) is 5.32 Å². The molecule has 7 nitrogen and oxygen atoms in total. The maximum atomic E-state index is 12.3. The predicted octanol–water partition coefficient (Wildman–Crippen LogP) is 2.07. The number of hydrogen-bond donors (Lipinski definition) is 3. The number of hydrogen-bond acceptors (Lipinski definition) is 7. The first-order valence-corrected chi connectivity index (χ1v) is 12.0. The molecule has 2 aromatic rings. The number of carbonyl (C=O) groups is 1. The minimum absolute atomic E-state index is 0.195.